The first-order chi connectivity index (χ1) is 9.74. The maximum atomic E-state index is 5.88. The number of morpholine rings is 1. The zero-order valence-corrected chi connectivity index (χ0v) is 12.2. The molecule has 6 nitrogen and oxygen atoms in total. The van der Waals surface area contributed by atoms with Crippen LogP contribution in [0.2, 0.25) is 0 Å². The lowest BCUT2D eigenvalue weighted by Crippen LogP contribution is -2.49. The summed E-state index contributed by atoms with van der Waals surface area (Å²) in [5, 5.41) is 0. The number of nitrogens with two attached hydrogens (primary N) is 1. The summed E-state index contributed by atoms with van der Waals surface area (Å²) in [6.07, 6.45) is 4.74. The molecule has 2 unspecified atom stereocenters. The summed E-state index contributed by atoms with van der Waals surface area (Å²) < 4.78 is 5.88. The van der Waals surface area contributed by atoms with Gasteiger partial charge in [0.25, 0.3) is 0 Å². The minimum absolute atomic E-state index is 0.359. The first kappa shape index (κ1) is 13.6. The SMILES string of the molecule is CCc1nc(NN)c(C)c(N2CCOC3CCCC32)n1. The van der Waals surface area contributed by atoms with Crippen molar-refractivity contribution in [2.45, 2.75) is 51.7 Å². The third kappa shape index (κ3) is 2.23. The fourth-order valence-electron chi connectivity index (χ4n) is 3.32. The van der Waals surface area contributed by atoms with E-state index in [0.29, 0.717) is 12.1 Å². The van der Waals surface area contributed by atoms with Gasteiger partial charge in [0.05, 0.1) is 18.8 Å². The monoisotopic (exact) mass is 277 g/mol. The van der Waals surface area contributed by atoms with Gasteiger partial charge in [-0.3, -0.25) is 0 Å². The largest absolute Gasteiger partial charge is 0.374 e. The number of hydrazine groups is 1. The number of fused-ring (bicyclic) bond motifs is 1. The van der Waals surface area contributed by atoms with E-state index in [9.17, 15) is 0 Å². The fraction of sp³-hybridized carbons (Fsp3) is 0.714. The van der Waals surface area contributed by atoms with Crippen LogP contribution in [0.25, 0.3) is 0 Å². The molecule has 20 heavy (non-hydrogen) atoms. The molecule has 2 heterocycles. The second kappa shape index (κ2) is 5.54. The molecule has 1 saturated carbocycles. The molecule has 3 N–H and O–H groups in total. The van der Waals surface area contributed by atoms with Gasteiger partial charge in [-0.1, -0.05) is 6.92 Å². The quantitative estimate of drug-likeness (QED) is 0.642. The van der Waals surface area contributed by atoms with E-state index >= 15 is 0 Å². The van der Waals surface area contributed by atoms with Crippen LogP contribution in [0, 0.1) is 6.92 Å². The predicted octanol–water partition coefficient (Wildman–Crippen LogP) is 1.39. The summed E-state index contributed by atoms with van der Waals surface area (Å²) in [7, 11) is 0. The van der Waals surface area contributed by atoms with Crippen molar-refractivity contribution in [1.29, 1.82) is 0 Å². The molecule has 1 aliphatic carbocycles. The summed E-state index contributed by atoms with van der Waals surface area (Å²) in [4.78, 5) is 11.6. The van der Waals surface area contributed by atoms with Crippen LogP contribution < -0.4 is 16.2 Å². The van der Waals surface area contributed by atoms with Crippen LogP contribution in [-0.2, 0) is 11.2 Å². The van der Waals surface area contributed by atoms with Gasteiger partial charge in [0.1, 0.15) is 17.5 Å². The number of rotatable bonds is 3. The van der Waals surface area contributed by atoms with Crippen molar-refractivity contribution in [1.82, 2.24) is 9.97 Å². The minimum atomic E-state index is 0.359. The molecule has 0 radical (unpaired) electrons. The van der Waals surface area contributed by atoms with E-state index in [-0.39, 0.29) is 0 Å². The molecule has 1 aromatic heterocycles. The summed E-state index contributed by atoms with van der Waals surface area (Å²) >= 11 is 0. The summed E-state index contributed by atoms with van der Waals surface area (Å²) in [6.45, 7) is 5.76. The molecular weight excluding hydrogens is 254 g/mol. The van der Waals surface area contributed by atoms with E-state index in [1.165, 1.54) is 12.8 Å². The molecule has 0 aromatic carbocycles. The van der Waals surface area contributed by atoms with Crippen LogP contribution in [0.4, 0.5) is 11.6 Å². The minimum Gasteiger partial charge on any atom is -0.374 e. The molecule has 1 saturated heterocycles. The van der Waals surface area contributed by atoms with Gasteiger partial charge in [0.15, 0.2) is 0 Å². The first-order valence-corrected chi connectivity index (χ1v) is 7.47. The number of aryl methyl sites for hydroxylation is 1. The number of aromatic nitrogens is 2. The number of hydrogen-bond acceptors (Lipinski definition) is 6. The number of anilines is 2. The molecule has 110 valence electrons. The summed E-state index contributed by atoms with van der Waals surface area (Å²) in [5.74, 6) is 8.18. The molecule has 0 spiro atoms. The molecule has 1 aliphatic heterocycles. The lowest BCUT2D eigenvalue weighted by atomic mass is 10.1. The lowest BCUT2D eigenvalue weighted by molar-refractivity contribution is 0.0252. The Morgan fingerprint density at radius 2 is 2.25 bits per heavy atom. The van der Waals surface area contributed by atoms with Gasteiger partial charge in [-0.25, -0.2) is 15.8 Å². The highest BCUT2D eigenvalue weighted by molar-refractivity contribution is 5.59. The molecule has 2 fully saturated rings. The third-order valence-electron chi connectivity index (χ3n) is 4.37. The van der Waals surface area contributed by atoms with Crippen molar-refractivity contribution < 1.29 is 4.74 Å². The molecule has 2 atom stereocenters. The maximum absolute atomic E-state index is 5.88. The molecule has 3 rings (SSSR count). The van der Waals surface area contributed by atoms with Crippen LogP contribution >= 0.6 is 0 Å². The van der Waals surface area contributed by atoms with Crippen LogP contribution in [0.1, 0.15) is 37.6 Å². The van der Waals surface area contributed by atoms with Crippen LogP contribution in [0.3, 0.4) is 0 Å². The van der Waals surface area contributed by atoms with E-state index in [0.717, 1.165) is 49.0 Å². The zero-order chi connectivity index (χ0) is 14.1. The lowest BCUT2D eigenvalue weighted by Gasteiger charge is -2.39. The van der Waals surface area contributed by atoms with Crippen molar-refractivity contribution in [2.75, 3.05) is 23.5 Å². The van der Waals surface area contributed by atoms with E-state index in [4.69, 9.17) is 15.6 Å². The average molecular weight is 277 g/mol. The van der Waals surface area contributed by atoms with Crippen molar-refractivity contribution in [3.8, 4) is 0 Å². The Balaban J connectivity index is 1.99. The maximum Gasteiger partial charge on any atom is 0.148 e. The van der Waals surface area contributed by atoms with E-state index in [1.54, 1.807) is 0 Å². The summed E-state index contributed by atoms with van der Waals surface area (Å²) in [5.41, 5.74) is 3.73. The van der Waals surface area contributed by atoms with Gasteiger partial charge in [-0.2, -0.15) is 0 Å². The predicted molar refractivity (Wildman–Crippen MR) is 78.7 cm³/mol. The van der Waals surface area contributed by atoms with Crippen LogP contribution in [-0.4, -0.2) is 35.3 Å². The molecule has 0 amide bonds. The summed E-state index contributed by atoms with van der Waals surface area (Å²) in [6, 6.07) is 0.452. The highest BCUT2D eigenvalue weighted by Crippen LogP contribution is 2.34. The van der Waals surface area contributed by atoms with Crippen molar-refractivity contribution in [3.63, 3.8) is 0 Å². The standard InChI is InChI=1S/C14H23N5O/c1-3-12-16-13(18-15)9(2)14(17-12)19-7-8-20-11-6-4-5-10(11)19/h10-11H,3-8,15H2,1-2H3,(H,16,17,18). The number of hydrogen-bond donors (Lipinski definition) is 2. The van der Waals surface area contributed by atoms with Crippen LogP contribution in [0.5, 0.6) is 0 Å². The smallest absolute Gasteiger partial charge is 0.148 e. The Bertz CT molecular complexity index is 493. The van der Waals surface area contributed by atoms with E-state index in [1.807, 2.05) is 6.92 Å². The highest BCUT2D eigenvalue weighted by atomic mass is 16.5. The van der Waals surface area contributed by atoms with Gasteiger partial charge in [0.2, 0.25) is 0 Å². The Hall–Kier alpha value is -1.40. The Kier molecular flexibility index (Phi) is 3.76. The second-order valence-electron chi connectivity index (χ2n) is 5.54. The average Bonchev–Trinajstić information content (AvgIpc) is 2.96. The molecule has 1 aromatic rings. The van der Waals surface area contributed by atoms with Crippen LogP contribution in [0.15, 0.2) is 0 Å². The van der Waals surface area contributed by atoms with Crippen molar-refractivity contribution in [2.24, 2.45) is 5.84 Å². The molecule has 0 bridgehead atoms. The van der Waals surface area contributed by atoms with Gasteiger partial charge in [0, 0.05) is 18.5 Å². The number of nitrogens with zero attached hydrogens (tertiary/aromatic N) is 3. The molecular formula is C14H23N5O. The second-order valence-corrected chi connectivity index (χ2v) is 5.54. The number of nitrogens with one attached hydrogen (secondary N) is 1. The fourth-order valence-corrected chi connectivity index (χ4v) is 3.32. The topological polar surface area (TPSA) is 76.3 Å². The van der Waals surface area contributed by atoms with E-state index in [2.05, 4.69) is 22.2 Å². The van der Waals surface area contributed by atoms with Crippen molar-refractivity contribution in [3.05, 3.63) is 11.4 Å². The van der Waals surface area contributed by atoms with Gasteiger partial charge < -0.3 is 15.1 Å². The zero-order valence-electron chi connectivity index (χ0n) is 12.2. The van der Waals surface area contributed by atoms with Crippen molar-refractivity contribution >= 4 is 11.6 Å². The van der Waals surface area contributed by atoms with Gasteiger partial charge in [-0.15, -0.1) is 0 Å². The number of nitrogen functional groups attached to an aromatic ring is 1. The molecule has 2 aliphatic rings. The molecule has 6 heteroatoms. The first-order valence-electron chi connectivity index (χ1n) is 7.47. The number of ether oxygens (including phenoxy) is 1. The Labute approximate surface area is 119 Å². The van der Waals surface area contributed by atoms with Gasteiger partial charge in [-0.05, 0) is 26.2 Å². The Morgan fingerprint density at radius 1 is 1.40 bits per heavy atom. The normalized spacial score (nSPS) is 25.6. The Morgan fingerprint density at radius 3 is 3.00 bits per heavy atom. The van der Waals surface area contributed by atoms with E-state index < -0.39 is 0 Å². The third-order valence-corrected chi connectivity index (χ3v) is 4.37. The van der Waals surface area contributed by atoms with Gasteiger partial charge >= 0.3 is 0 Å². The highest BCUT2D eigenvalue weighted by Gasteiger charge is 2.37.